The van der Waals surface area contributed by atoms with Crippen LogP contribution < -0.4 is 26.4 Å². The summed E-state index contributed by atoms with van der Waals surface area (Å²) in [5, 5.41) is 12.3. The largest absolute Gasteiger partial charge is 1.00 e. The highest BCUT2D eigenvalue weighted by Crippen LogP contribution is 2.34. The Balaban J connectivity index is 0.00000320. The summed E-state index contributed by atoms with van der Waals surface area (Å²) >= 11 is 6.06. The molecule has 0 saturated carbocycles. The smallest absolute Gasteiger partial charge is 0.396 e. The molecule has 2 aromatic rings. The number of fused-ring (bicyclic) bond motifs is 1. The maximum Gasteiger partial charge on any atom is 0.396 e. The van der Waals surface area contributed by atoms with Crippen molar-refractivity contribution in [3.05, 3.63) is 53.3 Å². The third-order valence-electron chi connectivity index (χ3n) is 5.92. The summed E-state index contributed by atoms with van der Waals surface area (Å²) in [4.78, 5) is 6.60. The van der Waals surface area contributed by atoms with Gasteiger partial charge in [-0.3, -0.25) is 0 Å². The predicted octanol–water partition coefficient (Wildman–Crippen LogP) is 2.61. The van der Waals surface area contributed by atoms with Crippen LogP contribution in [0.25, 0.3) is 0 Å². The zero-order chi connectivity index (χ0) is 20.5. The minimum Gasteiger partial charge on any atom is -1.00 e. The average Bonchev–Trinajstić information content (AvgIpc) is 3.02. The maximum absolute atomic E-state index is 11.6. The van der Waals surface area contributed by atoms with E-state index in [0.29, 0.717) is 11.6 Å². The Morgan fingerprint density at radius 1 is 1.00 bits per heavy atom. The van der Waals surface area contributed by atoms with Gasteiger partial charge in [-0.1, -0.05) is 93.4 Å². The summed E-state index contributed by atoms with van der Waals surface area (Å²) < 4.78 is 2.03. The van der Waals surface area contributed by atoms with Crippen molar-refractivity contribution in [2.24, 2.45) is 0 Å². The molecule has 0 radical (unpaired) electrons. The number of hydrogen-bond donors (Lipinski definition) is 1. The van der Waals surface area contributed by atoms with Crippen molar-refractivity contribution in [2.45, 2.75) is 83.4 Å². The number of nitrogens with zero attached hydrogens (tertiary/aromatic N) is 3. The fourth-order valence-corrected chi connectivity index (χ4v) is 4.36. The van der Waals surface area contributed by atoms with E-state index >= 15 is 0 Å². The lowest BCUT2D eigenvalue weighted by Gasteiger charge is -2.28. The van der Waals surface area contributed by atoms with Crippen LogP contribution in [0.15, 0.2) is 42.7 Å². The number of aromatic nitrogens is 2. The quantitative estimate of drug-likeness (QED) is 0.363. The molecule has 1 unspecified atom stereocenters. The molecule has 0 amide bonds. The van der Waals surface area contributed by atoms with E-state index in [1.807, 2.05) is 41.1 Å². The van der Waals surface area contributed by atoms with E-state index in [9.17, 15) is 5.11 Å². The second-order valence-electron chi connectivity index (χ2n) is 8.20. The number of rotatable bonds is 12. The molecule has 6 heteroatoms. The monoisotopic (exact) mass is 495 g/mol. The van der Waals surface area contributed by atoms with Crippen LogP contribution in [-0.4, -0.2) is 16.6 Å². The van der Waals surface area contributed by atoms with Gasteiger partial charge in [-0.2, -0.15) is 0 Å². The molecule has 2 heterocycles. The minimum atomic E-state index is -1.08. The van der Waals surface area contributed by atoms with Gasteiger partial charge in [0, 0.05) is 16.7 Å². The van der Waals surface area contributed by atoms with Crippen molar-refractivity contribution < 1.29 is 26.7 Å². The Labute approximate surface area is 197 Å². The van der Waals surface area contributed by atoms with Gasteiger partial charge in [0.1, 0.15) is 12.7 Å². The first kappa shape index (κ1) is 25.1. The molecule has 0 aliphatic carbocycles. The summed E-state index contributed by atoms with van der Waals surface area (Å²) in [5.74, 6) is 0.834. The average molecular weight is 497 g/mol. The standard InChI is InChI=1S/C24H35ClN3O.BrH/c1-2-3-4-5-6-7-8-9-10-11-19-28-23-26-17-12-18-27(23)20-24(28,29)21-13-15-22(25)16-14-21;/h12-18,29H,2-11,19-20H2,1H3;1H/q+1;/p-1. The van der Waals surface area contributed by atoms with Gasteiger partial charge in [0.05, 0.1) is 12.7 Å². The van der Waals surface area contributed by atoms with E-state index in [1.54, 1.807) is 6.20 Å². The molecule has 0 spiro atoms. The summed E-state index contributed by atoms with van der Waals surface area (Å²) in [5.41, 5.74) is -0.218. The SMILES string of the molecule is CCCCCCCCCCCCN1c2nccc[n+]2CC1(O)c1ccc(Cl)cc1.[Br-]. The van der Waals surface area contributed by atoms with Gasteiger partial charge >= 0.3 is 5.95 Å². The van der Waals surface area contributed by atoms with Gasteiger partial charge < -0.3 is 22.1 Å². The molecule has 1 aromatic heterocycles. The lowest BCUT2D eigenvalue weighted by atomic mass is 10.0. The Kier molecular flexibility index (Phi) is 10.6. The number of aliphatic hydroxyl groups is 1. The first-order valence-corrected chi connectivity index (χ1v) is 11.6. The van der Waals surface area contributed by atoms with Gasteiger partial charge in [-0.15, -0.1) is 0 Å². The fourth-order valence-electron chi connectivity index (χ4n) is 4.24. The van der Waals surface area contributed by atoms with Gasteiger partial charge in [0.2, 0.25) is 5.72 Å². The van der Waals surface area contributed by atoms with Crippen LogP contribution in [0.2, 0.25) is 5.02 Å². The van der Waals surface area contributed by atoms with Crippen molar-refractivity contribution in [1.82, 2.24) is 4.98 Å². The Morgan fingerprint density at radius 3 is 2.23 bits per heavy atom. The number of benzene rings is 1. The van der Waals surface area contributed by atoms with E-state index in [0.717, 1.165) is 24.5 Å². The molecule has 1 aromatic carbocycles. The van der Waals surface area contributed by atoms with E-state index in [-0.39, 0.29) is 17.0 Å². The van der Waals surface area contributed by atoms with Gasteiger partial charge in [-0.05, 0) is 18.6 Å². The van der Waals surface area contributed by atoms with Crippen molar-refractivity contribution in [2.75, 3.05) is 11.4 Å². The van der Waals surface area contributed by atoms with Crippen LogP contribution in [0.3, 0.4) is 0 Å². The van der Waals surface area contributed by atoms with Crippen molar-refractivity contribution in [3.8, 4) is 0 Å². The molecular weight excluding hydrogens is 462 g/mol. The van der Waals surface area contributed by atoms with Gasteiger partial charge in [0.25, 0.3) is 0 Å². The Hall–Kier alpha value is -1.17. The van der Waals surface area contributed by atoms with Crippen molar-refractivity contribution in [1.29, 1.82) is 0 Å². The zero-order valence-electron chi connectivity index (χ0n) is 18.1. The molecule has 3 rings (SSSR count). The molecular formula is C24H35BrClN3O. The zero-order valence-corrected chi connectivity index (χ0v) is 20.4. The maximum atomic E-state index is 11.6. The summed E-state index contributed by atoms with van der Waals surface area (Å²) in [6.45, 7) is 3.54. The van der Waals surface area contributed by atoms with Crippen molar-refractivity contribution in [3.63, 3.8) is 0 Å². The van der Waals surface area contributed by atoms with Crippen LogP contribution in [-0.2, 0) is 12.3 Å². The highest BCUT2D eigenvalue weighted by molar-refractivity contribution is 6.30. The van der Waals surface area contributed by atoms with Gasteiger partial charge in [0.15, 0.2) is 0 Å². The first-order chi connectivity index (χ1) is 14.1. The number of halogens is 2. The molecule has 0 fully saturated rings. The highest BCUT2D eigenvalue weighted by Gasteiger charge is 2.51. The minimum absolute atomic E-state index is 0. The van der Waals surface area contributed by atoms with Crippen LogP contribution in [0, 0.1) is 0 Å². The summed E-state index contributed by atoms with van der Waals surface area (Å²) in [6, 6.07) is 9.43. The molecule has 1 aliphatic heterocycles. The lowest BCUT2D eigenvalue weighted by Crippen LogP contribution is -3.00. The molecule has 1 aliphatic rings. The third kappa shape index (κ3) is 6.41. The van der Waals surface area contributed by atoms with E-state index in [2.05, 4.69) is 16.8 Å². The topological polar surface area (TPSA) is 40.2 Å². The third-order valence-corrected chi connectivity index (χ3v) is 6.17. The normalized spacial score (nSPS) is 17.6. The van der Waals surface area contributed by atoms with E-state index < -0.39 is 5.72 Å². The second kappa shape index (κ2) is 12.6. The van der Waals surface area contributed by atoms with Crippen molar-refractivity contribution >= 4 is 17.5 Å². The Morgan fingerprint density at radius 2 is 1.60 bits per heavy atom. The number of hydrogen-bond acceptors (Lipinski definition) is 3. The van der Waals surface area contributed by atoms with Crippen LogP contribution in [0.5, 0.6) is 0 Å². The van der Waals surface area contributed by atoms with E-state index in [4.69, 9.17) is 11.6 Å². The predicted molar refractivity (Wildman–Crippen MR) is 119 cm³/mol. The molecule has 4 nitrogen and oxygen atoms in total. The van der Waals surface area contributed by atoms with Crippen LogP contribution in [0.1, 0.15) is 76.7 Å². The molecule has 30 heavy (non-hydrogen) atoms. The van der Waals surface area contributed by atoms with Crippen LogP contribution >= 0.6 is 11.6 Å². The molecule has 1 N–H and O–H groups in total. The molecule has 0 bridgehead atoms. The lowest BCUT2D eigenvalue weighted by molar-refractivity contribution is -0.685. The van der Waals surface area contributed by atoms with Gasteiger partial charge in [-0.25, -0.2) is 9.47 Å². The van der Waals surface area contributed by atoms with Crippen LogP contribution in [0.4, 0.5) is 5.95 Å². The number of unbranched alkanes of at least 4 members (excludes halogenated alkanes) is 9. The molecule has 1 atom stereocenters. The number of anilines is 1. The molecule has 0 saturated heterocycles. The summed E-state index contributed by atoms with van der Waals surface area (Å²) in [6.07, 6.45) is 16.8. The highest BCUT2D eigenvalue weighted by atomic mass is 79.9. The molecule has 166 valence electrons. The van der Waals surface area contributed by atoms with E-state index in [1.165, 1.54) is 57.8 Å². The first-order valence-electron chi connectivity index (χ1n) is 11.3. The summed E-state index contributed by atoms with van der Waals surface area (Å²) in [7, 11) is 0. The second-order valence-corrected chi connectivity index (χ2v) is 8.64. The Bertz CT molecular complexity index is 758. The fraction of sp³-hybridized carbons (Fsp3) is 0.583.